The van der Waals surface area contributed by atoms with Crippen LogP contribution >= 0.6 is 11.3 Å². The van der Waals surface area contributed by atoms with Gasteiger partial charge >= 0.3 is 0 Å². The molecule has 0 spiro atoms. The molecule has 1 N–H and O–H groups in total. The lowest BCUT2D eigenvalue weighted by molar-refractivity contribution is -0.393. The van der Waals surface area contributed by atoms with Gasteiger partial charge in [0.15, 0.2) is 0 Å². The molecule has 3 rings (SSSR count). The third-order valence-electron chi connectivity index (χ3n) is 3.20. The Bertz CT molecular complexity index is 919. The second-order valence-electron chi connectivity index (χ2n) is 4.49. The number of hydrogen-bond acceptors (Lipinski definition) is 6. The summed E-state index contributed by atoms with van der Waals surface area (Å²) in [6, 6.07) is 10.4. The second-order valence-corrected chi connectivity index (χ2v) is 5.54. The van der Waals surface area contributed by atoms with Gasteiger partial charge in [0.1, 0.15) is 5.75 Å². The SMILES string of the molecule is O=[N+]([O-])c1ccc(-c2sc3ccccc3c2O)c([N+](=O)[O-])c1. The van der Waals surface area contributed by atoms with Gasteiger partial charge in [0.05, 0.1) is 26.4 Å². The topological polar surface area (TPSA) is 107 Å². The lowest BCUT2D eigenvalue weighted by atomic mass is 10.1. The lowest BCUT2D eigenvalue weighted by Crippen LogP contribution is -1.94. The van der Waals surface area contributed by atoms with Gasteiger partial charge in [0.2, 0.25) is 0 Å². The van der Waals surface area contributed by atoms with Crippen molar-refractivity contribution >= 4 is 32.8 Å². The molecule has 2 aromatic carbocycles. The monoisotopic (exact) mass is 316 g/mol. The van der Waals surface area contributed by atoms with Crippen molar-refractivity contribution in [3.05, 3.63) is 62.7 Å². The summed E-state index contributed by atoms with van der Waals surface area (Å²) in [4.78, 5) is 20.9. The van der Waals surface area contributed by atoms with Gasteiger partial charge in [-0.25, -0.2) is 0 Å². The molecule has 3 aromatic rings. The summed E-state index contributed by atoms with van der Waals surface area (Å²) < 4.78 is 0.780. The zero-order valence-corrected chi connectivity index (χ0v) is 11.7. The van der Waals surface area contributed by atoms with E-state index >= 15 is 0 Å². The van der Waals surface area contributed by atoms with Crippen molar-refractivity contribution in [3.63, 3.8) is 0 Å². The smallest absolute Gasteiger partial charge is 0.285 e. The van der Waals surface area contributed by atoms with Gasteiger partial charge in [-0.1, -0.05) is 12.1 Å². The van der Waals surface area contributed by atoms with E-state index in [1.807, 2.05) is 0 Å². The van der Waals surface area contributed by atoms with Crippen LogP contribution in [0.25, 0.3) is 20.5 Å². The molecule has 0 aliphatic carbocycles. The number of aromatic hydroxyl groups is 1. The van der Waals surface area contributed by atoms with Crippen LogP contribution in [0.2, 0.25) is 0 Å². The van der Waals surface area contributed by atoms with Gasteiger partial charge in [-0.3, -0.25) is 20.2 Å². The summed E-state index contributed by atoms with van der Waals surface area (Å²) >= 11 is 1.20. The van der Waals surface area contributed by atoms with E-state index in [9.17, 15) is 25.3 Å². The highest BCUT2D eigenvalue weighted by atomic mass is 32.1. The molecule has 22 heavy (non-hydrogen) atoms. The van der Waals surface area contributed by atoms with Gasteiger partial charge in [-0.05, 0) is 18.2 Å². The van der Waals surface area contributed by atoms with Gasteiger partial charge in [0.25, 0.3) is 11.4 Å². The van der Waals surface area contributed by atoms with Gasteiger partial charge in [-0.15, -0.1) is 11.3 Å². The molecule has 0 bridgehead atoms. The minimum Gasteiger partial charge on any atom is -0.506 e. The summed E-state index contributed by atoms with van der Waals surface area (Å²) in [5, 5.41) is 32.8. The van der Waals surface area contributed by atoms with Crippen LogP contribution in [-0.2, 0) is 0 Å². The number of thiophene rings is 1. The standard InChI is InChI=1S/C14H8N2O5S/c17-13-10-3-1-2-4-12(10)22-14(13)9-6-5-8(15(18)19)7-11(9)16(20)21/h1-7,17H. The maximum atomic E-state index is 11.2. The van der Waals surface area contributed by atoms with Crippen molar-refractivity contribution in [1.82, 2.24) is 0 Å². The molecule has 0 atom stereocenters. The highest BCUT2D eigenvalue weighted by molar-refractivity contribution is 7.22. The second kappa shape index (κ2) is 5.08. The molecule has 0 aliphatic rings. The molecule has 0 radical (unpaired) electrons. The van der Waals surface area contributed by atoms with E-state index < -0.39 is 15.5 Å². The maximum Gasteiger partial charge on any atom is 0.285 e. The first-order valence-electron chi connectivity index (χ1n) is 6.12. The van der Waals surface area contributed by atoms with Crippen molar-refractivity contribution < 1.29 is 15.0 Å². The largest absolute Gasteiger partial charge is 0.506 e. The Morgan fingerprint density at radius 2 is 1.73 bits per heavy atom. The third-order valence-corrected chi connectivity index (χ3v) is 4.40. The van der Waals surface area contributed by atoms with Crippen LogP contribution < -0.4 is 0 Å². The molecule has 0 fully saturated rings. The first-order chi connectivity index (χ1) is 10.5. The molecule has 1 aromatic heterocycles. The third kappa shape index (κ3) is 2.15. The molecular formula is C14H8N2O5S. The zero-order chi connectivity index (χ0) is 15.9. The zero-order valence-electron chi connectivity index (χ0n) is 10.9. The van der Waals surface area contributed by atoms with Crippen molar-refractivity contribution in [2.24, 2.45) is 0 Å². The Balaban J connectivity index is 2.28. The molecule has 0 unspecified atom stereocenters. The predicted molar refractivity (Wildman–Crippen MR) is 82.2 cm³/mol. The number of nitro groups is 2. The minimum absolute atomic E-state index is 0.0578. The van der Waals surface area contributed by atoms with E-state index in [-0.39, 0.29) is 17.0 Å². The highest BCUT2D eigenvalue weighted by Crippen LogP contribution is 2.46. The van der Waals surface area contributed by atoms with Crippen LogP contribution in [0.4, 0.5) is 11.4 Å². The van der Waals surface area contributed by atoms with Crippen molar-refractivity contribution in [2.45, 2.75) is 0 Å². The fourth-order valence-corrected chi connectivity index (χ4v) is 3.32. The number of nitrogens with zero attached hydrogens (tertiary/aromatic N) is 2. The number of hydrogen-bond donors (Lipinski definition) is 1. The first-order valence-corrected chi connectivity index (χ1v) is 6.94. The highest BCUT2D eigenvalue weighted by Gasteiger charge is 2.24. The summed E-state index contributed by atoms with van der Waals surface area (Å²) in [6.07, 6.45) is 0. The maximum absolute atomic E-state index is 11.2. The molecule has 0 saturated heterocycles. The lowest BCUT2D eigenvalue weighted by Gasteiger charge is -2.01. The minimum atomic E-state index is -0.693. The summed E-state index contributed by atoms with van der Waals surface area (Å²) in [5.41, 5.74) is -0.610. The van der Waals surface area contributed by atoms with Crippen molar-refractivity contribution in [1.29, 1.82) is 0 Å². The Morgan fingerprint density at radius 1 is 1.00 bits per heavy atom. The number of benzene rings is 2. The van der Waals surface area contributed by atoms with Gasteiger partial charge in [-0.2, -0.15) is 0 Å². The van der Waals surface area contributed by atoms with Crippen LogP contribution in [0.3, 0.4) is 0 Å². The molecule has 1 heterocycles. The number of nitro benzene ring substituents is 2. The summed E-state index contributed by atoms with van der Waals surface area (Å²) in [5.74, 6) is -0.0578. The summed E-state index contributed by atoms with van der Waals surface area (Å²) in [6.45, 7) is 0. The quantitative estimate of drug-likeness (QED) is 0.578. The van der Waals surface area contributed by atoms with Gasteiger partial charge < -0.3 is 5.11 Å². The van der Waals surface area contributed by atoms with Crippen LogP contribution in [0.5, 0.6) is 5.75 Å². The van der Waals surface area contributed by atoms with E-state index in [1.165, 1.54) is 23.5 Å². The predicted octanol–water partition coefficient (Wildman–Crippen LogP) is 4.09. The van der Waals surface area contributed by atoms with E-state index in [2.05, 4.69) is 0 Å². The van der Waals surface area contributed by atoms with E-state index in [4.69, 9.17) is 0 Å². The van der Waals surface area contributed by atoms with E-state index in [1.54, 1.807) is 24.3 Å². The van der Waals surface area contributed by atoms with Gasteiger partial charge in [0, 0.05) is 16.2 Å². The van der Waals surface area contributed by atoms with Crippen molar-refractivity contribution in [2.75, 3.05) is 0 Å². The molecule has 0 aliphatic heterocycles. The molecule has 0 amide bonds. The number of fused-ring (bicyclic) bond motifs is 1. The molecule has 7 nitrogen and oxygen atoms in total. The van der Waals surface area contributed by atoms with E-state index in [0.717, 1.165) is 10.8 Å². The van der Waals surface area contributed by atoms with E-state index in [0.29, 0.717) is 10.3 Å². The average Bonchev–Trinajstić information content (AvgIpc) is 2.84. The number of non-ortho nitro benzene ring substituents is 1. The summed E-state index contributed by atoms with van der Waals surface area (Å²) in [7, 11) is 0. The van der Waals surface area contributed by atoms with Crippen LogP contribution in [0, 0.1) is 20.2 Å². The Morgan fingerprint density at radius 3 is 2.36 bits per heavy atom. The fourth-order valence-electron chi connectivity index (χ4n) is 2.19. The van der Waals surface area contributed by atoms with Crippen molar-refractivity contribution in [3.8, 4) is 16.2 Å². The average molecular weight is 316 g/mol. The normalized spacial score (nSPS) is 10.7. The molecular weight excluding hydrogens is 308 g/mol. The van der Waals surface area contributed by atoms with Crippen LogP contribution in [0.15, 0.2) is 42.5 Å². The molecule has 8 heteroatoms. The fraction of sp³-hybridized carbons (Fsp3) is 0. The molecule has 0 saturated carbocycles. The first kappa shape index (κ1) is 14.0. The Labute approximate surface area is 127 Å². The Kier molecular flexibility index (Phi) is 3.22. The van der Waals surface area contributed by atoms with Crippen LogP contribution in [0.1, 0.15) is 0 Å². The molecule has 110 valence electrons. The Hall–Kier alpha value is -3.00. The number of rotatable bonds is 3. The van der Waals surface area contributed by atoms with Crippen LogP contribution in [-0.4, -0.2) is 15.0 Å².